The molecule has 8 aromatic rings. The summed E-state index contributed by atoms with van der Waals surface area (Å²) in [5.74, 6) is 2.54. The predicted molar refractivity (Wildman–Crippen MR) is 253 cm³/mol. The van der Waals surface area contributed by atoms with E-state index in [1.165, 1.54) is 55.8 Å². The molecule has 0 fully saturated rings. The lowest BCUT2D eigenvalue weighted by molar-refractivity contribution is 0.482. The van der Waals surface area contributed by atoms with Crippen molar-refractivity contribution in [3.8, 4) is 39.6 Å². The Morgan fingerprint density at radius 2 is 1.33 bits per heavy atom. The van der Waals surface area contributed by atoms with Gasteiger partial charge in [-0.3, -0.25) is 4.57 Å². The van der Waals surface area contributed by atoms with Gasteiger partial charge in [0.2, 0.25) is 0 Å². The number of anilines is 5. The second kappa shape index (κ2) is 14.3. The minimum atomic E-state index is -0.00259. The van der Waals surface area contributed by atoms with E-state index < -0.39 is 0 Å². The van der Waals surface area contributed by atoms with Crippen LogP contribution < -0.4 is 19.4 Å². The van der Waals surface area contributed by atoms with Crippen molar-refractivity contribution >= 4 is 45.4 Å². The summed E-state index contributed by atoms with van der Waals surface area (Å²) in [5, 5.41) is 1.31. The molecule has 3 aliphatic rings. The Balaban J connectivity index is 1.00. The molecular weight excluding hydrogens is 747 g/mol. The molecule has 0 N–H and O–H groups in total. The van der Waals surface area contributed by atoms with Crippen LogP contribution in [0, 0.1) is 0 Å². The minimum absolute atomic E-state index is 0.00259. The van der Waals surface area contributed by atoms with E-state index in [0.717, 1.165) is 46.3 Å². The van der Waals surface area contributed by atoms with Crippen LogP contribution in [0.5, 0.6) is 11.5 Å². The van der Waals surface area contributed by atoms with Crippen LogP contribution in [-0.2, 0) is 5.41 Å². The number of fused-ring (bicyclic) bond motifs is 1. The highest BCUT2D eigenvalue weighted by Gasteiger charge is 2.40. The van der Waals surface area contributed by atoms with E-state index in [1.807, 2.05) is 6.20 Å². The number of ether oxygens (including phenoxy) is 1. The lowest BCUT2D eigenvalue weighted by Gasteiger charge is -2.34. The second-order valence-electron chi connectivity index (χ2n) is 17.8. The van der Waals surface area contributed by atoms with Crippen LogP contribution in [0.3, 0.4) is 0 Å². The smallest absolute Gasteiger partial charge is 0.137 e. The number of hydrogen-bond acceptors (Lipinski definition) is 5. The average Bonchev–Trinajstić information content (AvgIpc) is 3.95. The molecule has 4 heterocycles. The maximum atomic E-state index is 6.98. The van der Waals surface area contributed by atoms with E-state index >= 15 is 0 Å². The first kappa shape index (κ1) is 37.0. The van der Waals surface area contributed by atoms with Crippen LogP contribution in [-0.4, -0.2) is 22.3 Å². The van der Waals surface area contributed by atoms with E-state index in [9.17, 15) is 0 Å². The molecule has 1 unspecified atom stereocenters. The zero-order valence-electron chi connectivity index (χ0n) is 35.4. The van der Waals surface area contributed by atoms with Gasteiger partial charge in [0.1, 0.15) is 24.0 Å². The summed E-state index contributed by atoms with van der Waals surface area (Å²) in [6.45, 7) is 12.0. The summed E-state index contributed by atoms with van der Waals surface area (Å²) in [7, 11) is 0. The highest BCUT2D eigenvalue weighted by Crippen LogP contribution is 2.55. The van der Waals surface area contributed by atoms with E-state index in [4.69, 9.17) is 9.72 Å². The first-order valence-electron chi connectivity index (χ1n) is 21.5. The zero-order chi connectivity index (χ0) is 41.4. The van der Waals surface area contributed by atoms with Crippen molar-refractivity contribution < 1.29 is 4.74 Å². The molecule has 2 aromatic heterocycles. The van der Waals surface area contributed by atoms with Crippen molar-refractivity contribution in [3.63, 3.8) is 0 Å². The van der Waals surface area contributed by atoms with Crippen LogP contribution in [0.15, 0.2) is 164 Å². The van der Waals surface area contributed by atoms with Gasteiger partial charge in [-0.1, -0.05) is 124 Å². The summed E-state index contributed by atoms with van der Waals surface area (Å²) in [4.78, 5) is 12.4. The fourth-order valence-corrected chi connectivity index (χ4v) is 9.93. The number of nitrogens with zero attached hydrogens (tertiary/aromatic N) is 5. The maximum Gasteiger partial charge on any atom is 0.137 e. The summed E-state index contributed by atoms with van der Waals surface area (Å²) >= 11 is 0. The summed E-state index contributed by atoms with van der Waals surface area (Å²) in [6.07, 6.45) is 7.56. The Labute approximate surface area is 358 Å². The monoisotopic (exact) mass is 795 g/mol. The lowest BCUT2D eigenvalue weighted by atomic mass is 9.88. The van der Waals surface area contributed by atoms with Gasteiger partial charge in [0, 0.05) is 58.2 Å². The molecule has 6 heteroatoms. The van der Waals surface area contributed by atoms with Gasteiger partial charge in [0.15, 0.2) is 0 Å². The van der Waals surface area contributed by atoms with Crippen LogP contribution in [0.25, 0.3) is 45.1 Å². The standard InChI is InChI=1S/C55H49N5O/c1-36(2)59-47-27-16-28-48-52(47)53-49(59)33-42(34-50(53)60(48)51-31-39(29-30-56-51)55(3,4)5)61-41-22-14-21-40(32-41)57-35-58(46-26-13-12-25-45(46)57)54-43(37-17-8-6-9-18-37)23-15-24-44(54)38-19-10-7-11-20-38/h6-26,28-34,36,47H,27,35H2,1-5H3. The van der Waals surface area contributed by atoms with Gasteiger partial charge in [-0.15, -0.1) is 0 Å². The Bertz CT molecular complexity index is 2940. The SMILES string of the molecule is CC(C)N1c2cc(Oc3cccc(N4CN(c5c(-c6ccccc6)cccc5-c5ccccc5)c5ccccc54)c3)cc3c2c2c(n3-c3cc(C(C)(C)C)ccn3)C=CCC21. The highest BCUT2D eigenvalue weighted by molar-refractivity contribution is 6.05. The van der Waals surface area contributed by atoms with Gasteiger partial charge in [0.25, 0.3) is 0 Å². The van der Waals surface area contributed by atoms with E-state index in [0.29, 0.717) is 12.7 Å². The topological polar surface area (TPSA) is 36.8 Å². The van der Waals surface area contributed by atoms with E-state index in [-0.39, 0.29) is 11.5 Å². The molecule has 2 aliphatic heterocycles. The molecule has 0 saturated carbocycles. The molecule has 0 saturated heterocycles. The normalized spacial score (nSPS) is 15.3. The Morgan fingerprint density at radius 3 is 2.02 bits per heavy atom. The van der Waals surface area contributed by atoms with Crippen molar-refractivity contribution in [2.45, 2.75) is 58.5 Å². The number of pyridine rings is 1. The van der Waals surface area contributed by atoms with E-state index in [1.54, 1.807) is 0 Å². The van der Waals surface area contributed by atoms with Crippen molar-refractivity contribution in [2.24, 2.45) is 0 Å². The average molecular weight is 796 g/mol. The second-order valence-corrected chi connectivity index (χ2v) is 17.8. The molecular formula is C55H49N5O. The first-order valence-corrected chi connectivity index (χ1v) is 21.5. The fourth-order valence-electron chi connectivity index (χ4n) is 9.93. The molecule has 1 atom stereocenters. The van der Waals surface area contributed by atoms with Crippen molar-refractivity contribution in [1.29, 1.82) is 0 Å². The van der Waals surface area contributed by atoms with Crippen LogP contribution in [0.2, 0.25) is 0 Å². The molecule has 0 radical (unpaired) electrons. The molecule has 11 rings (SSSR count). The number of para-hydroxylation sites is 3. The summed E-state index contributed by atoms with van der Waals surface area (Å²) < 4.78 is 9.34. The van der Waals surface area contributed by atoms with Gasteiger partial charge >= 0.3 is 0 Å². The molecule has 0 bridgehead atoms. The highest BCUT2D eigenvalue weighted by atomic mass is 16.5. The van der Waals surface area contributed by atoms with Gasteiger partial charge in [-0.05, 0) is 84.8 Å². The van der Waals surface area contributed by atoms with Crippen molar-refractivity contribution in [2.75, 3.05) is 21.4 Å². The molecule has 0 amide bonds. The van der Waals surface area contributed by atoms with Crippen LogP contribution in [0.1, 0.15) is 63.9 Å². The molecule has 6 aromatic carbocycles. The molecule has 6 nitrogen and oxygen atoms in total. The number of benzene rings is 6. The Morgan fingerprint density at radius 1 is 0.656 bits per heavy atom. The summed E-state index contributed by atoms with van der Waals surface area (Å²) in [5.41, 5.74) is 15.6. The van der Waals surface area contributed by atoms with Crippen molar-refractivity contribution in [1.82, 2.24) is 9.55 Å². The molecule has 300 valence electrons. The first-order chi connectivity index (χ1) is 29.7. The summed E-state index contributed by atoms with van der Waals surface area (Å²) in [6, 6.07) is 55.0. The maximum absolute atomic E-state index is 6.98. The van der Waals surface area contributed by atoms with E-state index in [2.05, 4.69) is 218 Å². The largest absolute Gasteiger partial charge is 0.457 e. The number of aromatic nitrogens is 2. The minimum Gasteiger partial charge on any atom is -0.457 e. The van der Waals surface area contributed by atoms with Gasteiger partial charge in [0.05, 0.1) is 40.0 Å². The predicted octanol–water partition coefficient (Wildman–Crippen LogP) is 14.4. The quantitative estimate of drug-likeness (QED) is 0.153. The third-order valence-corrected chi connectivity index (χ3v) is 12.7. The van der Waals surface area contributed by atoms with Crippen molar-refractivity contribution in [3.05, 3.63) is 181 Å². The molecule has 0 spiro atoms. The van der Waals surface area contributed by atoms with Crippen LogP contribution in [0.4, 0.5) is 28.4 Å². The van der Waals surface area contributed by atoms with Gasteiger partial charge < -0.3 is 19.4 Å². The number of hydrogen-bond donors (Lipinski definition) is 0. The van der Waals surface area contributed by atoms with Gasteiger partial charge in [-0.25, -0.2) is 4.98 Å². The third kappa shape index (κ3) is 6.11. The fraction of sp³-hybridized carbons (Fsp3) is 0.182. The number of rotatable bonds is 8. The molecule has 61 heavy (non-hydrogen) atoms. The van der Waals surface area contributed by atoms with Crippen LogP contribution >= 0.6 is 0 Å². The lowest BCUT2D eigenvalue weighted by Crippen LogP contribution is -2.32. The third-order valence-electron chi connectivity index (χ3n) is 12.7. The Hall–Kier alpha value is -7.05. The van der Waals surface area contributed by atoms with Gasteiger partial charge in [-0.2, -0.15) is 0 Å². The molecule has 1 aliphatic carbocycles. The zero-order valence-corrected chi connectivity index (χ0v) is 35.4. The Kier molecular flexibility index (Phi) is 8.67.